The zero-order valence-corrected chi connectivity index (χ0v) is 16.3. The molecule has 2 heterocycles. The first-order chi connectivity index (χ1) is 11.9. The Labute approximate surface area is 159 Å². The average Bonchev–Trinajstić information content (AvgIpc) is 3.19. The van der Waals surface area contributed by atoms with Crippen LogP contribution in [0.1, 0.15) is 19.3 Å². The van der Waals surface area contributed by atoms with E-state index in [2.05, 4.69) is 4.90 Å². The van der Waals surface area contributed by atoms with E-state index in [0.717, 1.165) is 26.0 Å². The van der Waals surface area contributed by atoms with Crippen LogP contribution in [-0.4, -0.2) is 63.3 Å². The van der Waals surface area contributed by atoms with E-state index in [1.807, 2.05) is 0 Å². The zero-order chi connectivity index (χ0) is 17.9. The van der Waals surface area contributed by atoms with Crippen LogP contribution in [0.15, 0.2) is 18.2 Å². The Morgan fingerprint density at radius 3 is 2.80 bits per heavy atom. The minimum absolute atomic E-state index is 0.0348. The molecule has 8 heteroatoms. The quantitative estimate of drug-likeness (QED) is 0.694. The third kappa shape index (κ3) is 5.47. The second kappa shape index (κ2) is 8.44. The van der Waals surface area contributed by atoms with Gasteiger partial charge in [0.2, 0.25) is 0 Å². The predicted octanol–water partition coefficient (Wildman–Crippen LogP) is 3.04. The molecule has 0 aromatic heterocycles. The van der Waals surface area contributed by atoms with Gasteiger partial charge in [0.15, 0.2) is 9.84 Å². The molecule has 3 rings (SSSR count). The Morgan fingerprint density at radius 2 is 2.12 bits per heavy atom. The number of nitrogens with zero attached hydrogens (tertiary/aromatic N) is 1. The molecule has 2 aliphatic heterocycles. The molecule has 2 fully saturated rings. The molecule has 2 aliphatic rings. The van der Waals surface area contributed by atoms with Crippen molar-refractivity contribution in [2.45, 2.75) is 31.4 Å². The molecule has 1 aromatic carbocycles. The maximum Gasteiger partial charge on any atom is 0.151 e. The number of hydrogen-bond donors (Lipinski definition) is 0. The van der Waals surface area contributed by atoms with Gasteiger partial charge in [-0.3, -0.25) is 4.90 Å². The number of hydrogen-bond acceptors (Lipinski definition) is 5. The molecular formula is C17H23Cl2NO4S. The summed E-state index contributed by atoms with van der Waals surface area (Å²) in [6, 6.07) is 5.14. The second-order valence-electron chi connectivity index (χ2n) is 6.61. The normalized spacial score (nSPS) is 25.6. The summed E-state index contributed by atoms with van der Waals surface area (Å²) in [5, 5.41) is 1.08. The molecule has 1 aromatic rings. The number of ether oxygens (including phenoxy) is 2. The monoisotopic (exact) mass is 407 g/mol. The summed E-state index contributed by atoms with van der Waals surface area (Å²) in [6.07, 6.45) is 2.94. The number of rotatable bonds is 7. The highest BCUT2D eigenvalue weighted by atomic mass is 35.5. The fraction of sp³-hybridized carbons (Fsp3) is 0.647. The van der Waals surface area contributed by atoms with E-state index in [9.17, 15) is 8.42 Å². The summed E-state index contributed by atoms with van der Waals surface area (Å²) >= 11 is 12.1. The molecule has 0 spiro atoms. The molecular weight excluding hydrogens is 385 g/mol. The van der Waals surface area contributed by atoms with E-state index >= 15 is 0 Å². The van der Waals surface area contributed by atoms with E-state index in [1.165, 1.54) is 0 Å². The van der Waals surface area contributed by atoms with Gasteiger partial charge >= 0.3 is 0 Å². The zero-order valence-electron chi connectivity index (χ0n) is 14.0. The largest absolute Gasteiger partial charge is 0.491 e. The average molecular weight is 408 g/mol. The molecule has 0 aliphatic carbocycles. The van der Waals surface area contributed by atoms with Crippen molar-refractivity contribution in [2.75, 3.05) is 37.8 Å². The van der Waals surface area contributed by atoms with E-state index in [4.69, 9.17) is 32.7 Å². The van der Waals surface area contributed by atoms with Crippen molar-refractivity contribution in [3.8, 4) is 5.75 Å². The molecule has 25 heavy (non-hydrogen) atoms. The molecule has 5 nitrogen and oxygen atoms in total. The van der Waals surface area contributed by atoms with Crippen LogP contribution in [0.25, 0.3) is 0 Å². The molecule has 0 bridgehead atoms. The Bertz CT molecular complexity index is 692. The van der Waals surface area contributed by atoms with Crippen molar-refractivity contribution in [1.29, 1.82) is 0 Å². The Morgan fingerprint density at radius 1 is 1.28 bits per heavy atom. The molecule has 2 atom stereocenters. The van der Waals surface area contributed by atoms with Gasteiger partial charge in [-0.1, -0.05) is 23.2 Å². The van der Waals surface area contributed by atoms with Crippen LogP contribution in [0.5, 0.6) is 5.75 Å². The topological polar surface area (TPSA) is 55.8 Å². The molecule has 0 saturated carbocycles. The molecule has 0 N–H and O–H groups in total. The van der Waals surface area contributed by atoms with E-state index < -0.39 is 9.84 Å². The lowest BCUT2D eigenvalue weighted by molar-refractivity contribution is 0.0548. The van der Waals surface area contributed by atoms with Gasteiger partial charge < -0.3 is 9.47 Å². The van der Waals surface area contributed by atoms with Crippen LogP contribution in [-0.2, 0) is 14.6 Å². The minimum atomic E-state index is -2.93. The van der Waals surface area contributed by atoms with E-state index in [0.29, 0.717) is 35.4 Å². The molecule has 2 saturated heterocycles. The summed E-state index contributed by atoms with van der Waals surface area (Å²) < 4.78 is 35.2. The maximum atomic E-state index is 11.8. The molecule has 0 amide bonds. The van der Waals surface area contributed by atoms with Gasteiger partial charge in [0.1, 0.15) is 12.4 Å². The fourth-order valence-electron chi connectivity index (χ4n) is 3.40. The van der Waals surface area contributed by atoms with Crippen LogP contribution < -0.4 is 4.74 Å². The SMILES string of the molecule is O=S1(=O)CCC(N(CCOc2cc(Cl)ccc2Cl)CC2CCCO2)C1. The first kappa shape index (κ1) is 19.2. The predicted molar refractivity (Wildman–Crippen MR) is 99.6 cm³/mol. The van der Waals surface area contributed by atoms with Crippen LogP contribution in [0.3, 0.4) is 0 Å². The van der Waals surface area contributed by atoms with E-state index in [-0.39, 0.29) is 23.7 Å². The standard InChI is InChI=1S/C17H23Cl2NO4S/c18-13-3-4-16(19)17(10-13)24-8-6-20(11-15-2-1-7-23-15)14-5-9-25(21,22)12-14/h3-4,10,14-15H,1-2,5-9,11-12H2. The highest BCUT2D eigenvalue weighted by Gasteiger charge is 2.33. The van der Waals surface area contributed by atoms with Crippen molar-refractivity contribution in [2.24, 2.45) is 0 Å². The summed E-state index contributed by atoms with van der Waals surface area (Å²) in [4.78, 5) is 2.19. The molecule has 0 radical (unpaired) electrons. The Kier molecular flexibility index (Phi) is 6.49. The van der Waals surface area contributed by atoms with Crippen molar-refractivity contribution >= 4 is 33.0 Å². The summed E-state index contributed by atoms with van der Waals surface area (Å²) in [5.74, 6) is 1.03. The number of sulfone groups is 1. The first-order valence-corrected chi connectivity index (χ1v) is 11.1. The first-order valence-electron chi connectivity index (χ1n) is 8.57. The van der Waals surface area contributed by atoms with Crippen LogP contribution >= 0.6 is 23.2 Å². The summed E-state index contributed by atoms with van der Waals surface area (Å²) in [5.41, 5.74) is 0. The van der Waals surface area contributed by atoms with Gasteiger partial charge in [-0.15, -0.1) is 0 Å². The van der Waals surface area contributed by atoms with Gasteiger partial charge in [0, 0.05) is 36.8 Å². The number of halogens is 2. The lowest BCUT2D eigenvalue weighted by Crippen LogP contribution is -2.43. The van der Waals surface area contributed by atoms with Gasteiger partial charge in [-0.25, -0.2) is 8.42 Å². The van der Waals surface area contributed by atoms with Gasteiger partial charge in [-0.2, -0.15) is 0 Å². The van der Waals surface area contributed by atoms with Crippen molar-refractivity contribution in [1.82, 2.24) is 4.90 Å². The molecule has 140 valence electrons. The van der Waals surface area contributed by atoms with E-state index in [1.54, 1.807) is 18.2 Å². The van der Waals surface area contributed by atoms with Crippen LogP contribution in [0.4, 0.5) is 0 Å². The van der Waals surface area contributed by atoms with Crippen LogP contribution in [0.2, 0.25) is 10.0 Å². The van der Waals surface area contributed by atoms with Crippen molar-refractivity contribution < 1.29 is 17.9 Å². The Balaban J connectivity index is 1.59. The summed E-state index contributed by atoms with van der Waals surface area (Å²) in [6.45, 7) is 2.58. The Hall–Kier alpha value is -0.530. The smallest absolute Gasteiger partial charge is 0.151 e. The lowest BCUT2D eigenvalue weighted by Gasteiger charge is -2.30. The molecule has 2 unspecified atom stereocenters. The number of benzene rings is 1. The van der Waals surface area contributed by atoms with Gasteiger partial charge in [0.05, 0.1) is 22.6 Å². The summed E-state index contributed by atoms with van der Waals surface area (Å²) in [7, 11) is -2.93. The van der Waals surface area contributed by atoms with Gasteiger partial charge in [0.25, 0.3) is 0 Å². The second-order valence-corrected chi connectivity index (χ2v) is 9.68. The maximum absolute atomic E-state index is 11.8. The fourth-order valence-corrected chi connectivity index (χ4v) is 5.49. The highest BCUT2D eigenvalue weighted by Crippen LogP contribution is 2.28. The highest BCUT2D eigenvalue weighted by molar-refractivity contribution is 7.91. The lowest BCUT2D eigenvalue weighted by atomic mass is 10.1. The van der Waals surface area contributed by atoms with Gasteiger partial charge in [-0.05, 0) is 31.4 Å². The van der Waals surface area contributed by atoms with Crippen molar-refractivity contribution in [3.63, 3.8) is 0 Å². The third-order valence-electron chi connectivity index (χ3n) is 4.72. The minimum Gasteiger partial charge on any atom is -0.491 e. The van der Waals surface area contributed by atoms with Crippen LogP contribution in [0, 0.1) is 0 Å². The third-order valence-corrected chi connectivity index (χ3v) is 7.01. The van der Waals surface area contributed by atoms with Crippen molar-refractivity contribution in [3.05, 3.63) is 28.2 Å².